The lowest BCUT2D eigenvalue weighted by atomic mass is 10.9. The van der Waals surface area contributed by atoms with Crippen molar-refractivity contribution in [3.05, 3.63) is 0 Å². The van der Waals surface area contributed by atoms with Gasteiger partial charge in [0, 0.05) is 0 Å². The number of hydrogen-bond acceptors (Lipinski definition) is 0. The average molecular weight is 122 g/mol. The zero-order valence-corrected chi connectivity index (χ0v) is 6.22. The molecule has 0 spiro atoms. The lowest BCUT2D eigenvalue weighted by Gasteiger charge is -2.04. The molecule has 0 heterocycles. The largest absolute Gasteiger partial charge is 0.212 e. The van der Waals surface area contributed by atoms with Gasteiger partial charge in [-0.15, -0.1) is 0 Å². The Labute approximate surface area is 44.7 Å². The maximum Gasteiger partial charge on any atom is 0.0916 e. The van der Waals surface area contributed by atoms with Crippen molar-refractivity contribution in [1.29, 1.82) is 0 Å². The van der Waals surface area contributed by atoms with Gasteiger partial charge in [0.2, 0.25) is 0 Å². The highest BCUT2D eigenvalue weighted by Gasteiger charge is 1.97. The monoisotopic (exact) mass is 122 g/mol. The molecule has 0 amide bonds. The van der Waals surface area contributed by atoms with Crippen LogP contribution >= 0.6 is 6.89 Å². The second-order valence-corrected chi connectivity index (χ2v) is 7.15. The van der Waals surface area contributed by atoms with Gasteiger partial charge in [0.05, 0.1) is 5.55 Å². The highest BCUT2D eigenvalue weighted by Crippen LogP contribution is 2.35. The van der Waals surface area contributed by atoms with Crippen molar-refractivity contribution in [3.8, 4) is 0 Å². The zero-order valence-electron chi connectivity index (χ0n) is 5.33. The van der Waals surface area contributed by atoms with E-state index in [-0.39, 0.29) is 5.55 Å². The molecular weight excluding hydrogens is 110 g/mol. The van der Waals surface area contributed by atoms with Gasteiger partial charge in [-0.05, 0) is 26.9 Å². The Morgan fingerprint density at radius 1 is 1.29 bits per heavy atom. The molecule has 0 atom stereocenters. The van der Waals surface area contributed by atoms with Crippen LogP contribution in [-0.4, -0.2) is 25.5 Å². The van der Waals surface area contributed by atoms with Gasteiger partial charge in [0.25, 0.3) is 0 Å². The molecule has 0 aliphatic rings. The van der Waals surface area contributed by atoms with E-state index in [1.807, 2.05) is 20.0 Å². The van der Waals surface area contributed by atoms with Crippen LogP contribution in [0.2, 0.25) is 0 Å². The van der Waals surface area contributed by atoms with Crippen LogP contribution in [-0.2, 0) is 0 Å². The topological polar surface area (TPSA) is 0 Å². The van der Waals surface area contributed by atoms with Crippen LogP contribution in [0.25, 0.3) is 0 Å². The maximum atomic E-state index is 12.2. The van der Waals surface area contributed by atoms with Gasteiger partial charge in [0.1, 0.15) is 0 Å². The molecule has 0 radical (unpaired) electrons. The van der Waals surface area contributed by atoms with Gasteiger partial charge in [-0.2, -0.15) is 0 Å². The molecule has 0 fully saturated rings. The Morgan fingerprint density at radius 2 is 1.43 bits per heavy atom. The van der Waals surface area contributed by atoms with E-state index in [1.165, 1.54) is 0 Å². The third-order valence-electron chi connectivity index (χ3n) is 0.924. The molecular formula is C5H12FP. The predicted molar refractivity (Wildman–Crippen MR) is 36.5 cm³/mol. The van der Waals surface area contributed by atoms with Gasteiger partial charge < -0.3 is 0 Å². The summed E-state index contributed by atoms with van der Waals surface area (Å²) in [6, 6.07) is 0. The van der Waals surface area contributed by atoms with E-state index in [1.54, 1.807) is 6.92 Å². The second kappa shape index (κ2) is 2.00. The number of hydrogen-bond donors (Lipinski definition) is 0. The Bertz CT molecular complexity index is 97.0. The molecule has 0 saturated heterocycles. The molecule has 0 aromatic carbocycles. The van der Waals surface area contributed by atoms with E-state index in [0.717, 1.165) is 0 Å². The standard InChI is InChI=1S/C5H12FP/c1-5(6)7(2,3)4/h1-4H3. The Kier molecular flexibility index (Phi) is 2.07. The summed E-state index contributed by atoms with van der Waals surface area (Å²) in [5.74, 6) is 0. The molecule has 2 heteroatoms. The third-order valence-corrected chi connectivity index (χ3v) is 2.77. The SMILES string of the molecule is CC(F)=P(C)(C)C. The molecule has 0 rings (SSSR count). The van der Waals surface area contributed by atoms with Crippen molar-refractivity contribution in [3.63, 3.8) is 0 Å². The third kappa shape index (κ3) is 2.87. The second-order valence-electron chi connectivity index (χ2n) is 2.51. The summed E-state index contributed by atoms with van der Waals surface area (Å²) in [6.07, 6.45) is 0. The Balaban J connectivity index is 4.28. The smallest absolute Gasteiger partial charge is 0.0916 e. The minimum atomic E-state index is -1.24. The van der Waals surface area contributed by atoms with Crippen LogP contribution in [0, 0.1) is 0 Å². The fourth-order valence-electron chi connectivity index (χ4n) is 0. The van der Waals surface area contributed by atoms with Crippen LogP contribution in [0.4, 0.5) is 4.39 Å². The van der Waals surface area contributed by atoms with Crippen molar-refractivity contribution in [2.45, 2.75) is 6.92 Å². The summed E-state index contributed by atoms with van der Waals surface area (Å²) in [5.41, 5.74) is 0.104. The normalized spacial score (nSPS) is 11.6. The van der Waals surface area contributed by atoms with E-state index in [2.05, 4.69) is 0 Å². The van der Waals surface area contributed by atoms with Crippen molar-refractivity contribution >= 4 is 12.4 Å². The van der Waals surface area contributed by atoms with Crippen LogP contribution in [0.1, 0.15) is 6.92 Å². The fraction of sp³-hybridized carbons (Fsp3) is 0.800. The maximum absolute atomic E-state index is 12.2. The lowest BCUT2D eigenvalue weighted by Crippen LogP contribution is -1.83. The Morgan fingerprint density at radius 3 is 1.43 bits per heavy atom. The fourth-order valence-corrected chi connectivity index (χ4v) is 0. The van der Waals surface area contributed by atoms with Gasteiger partial charge in [-0.3, -0.25) is 0 Å². The quantitative estimate of drug-likeness (QED) is 0.431. The highest BCUT2D eigenvalue weighted by molar-refractivity contribution is 7.73. The molecule has 0 aliphatic heterocycles. The first-order valence-electron chi connectivity index (χ1n) is 2.25. The molecule has 0 saturated carbocycles. The van der Waals surface area contributed by atoms with Gasteiger partial charge in [0.15, 0.2) is 0 Å². The molecule has 0 nitrogen and oxygen atoms in total. The molecule has 44 valence electrons. The average Bonchev–Trinajstić information content (AvgIpc) is 1.31. The summed E-state index contributed by atoms with van der Waals surface area (Å²) in [7, 11) is 0. The number of rotatable bonds is 0. The van der Waals surface area contributed by atoms with E-state index in [4.69, 9.17) is 0 Å². The van der Waals surface area contributed by atoms with Gasteiger partial charge >= 0.3 is 0 Å². The summed E-state index contributed by atoms with van der Waals surface area (Å²) in [5, 5.41) is 0. The molecule has 7 heavy (non-hydrogen) atoms. The summed E-state index contributed by atoms with van der Waals surface area (Å²) in [4.78, 5) is 0. The van der Waals surface area contributed by atoms with Crippen molar-refractivity contribution in [2.75, 3.05) is 20.0 Å². The highest BCUT2D eigenvalue weighted by atomic mass is 31.2. The molecule has 0 aromatic rings. The van der Waals surface area contributed by atoms with Crippen molar-refractivity contribution < 1.29 is 4.39 Å². The van der Waals surface area contributed by atoms with Gasteiger partial charge in [-0.1, -0.05) is 6.89 Å². The summed E-state index contributed by atoms with van der Waals surface area (Å²) < 4.78 is 12.2. The first kappa shape index (κ1) is 7.23. The summed E-state index contributed by atoms with van der Waals surface area (Å²) in [6.45, 7) is 6.19. The predicted octanol–water partition coefficient (Wildman–Crippen LogP) is 2.01. The van der Waals surface area contributed by atoms with Crippen LogP contribution in [0.3, 0.4) is 0 Å². The Hall–Kier alpha value is 0.230. The molecule has 0 aliphatic carbocycles. The first-order valence-corrected chi connectivity index (χ1v) is 5.38. The minimum Gasteiger partial charge on any atom is -0.212 e. The lowest BCUT2D eigenvalue weighted by molar-refractivity contribution is 0.821. The van der Waals surface area contributed by atoms with E-state index >= 15 is 0 Å². The minimum absolute atomic E-state index is 0.104. The molecule has 0 N–H and O–H groups in total. The molecule has 0 bridgehead atoms. The summed E-state index contributed by atoms with van der Waals surface area (Å²) >= 11 is 0. The zero-order chi connectivity index (χ0) is 6.08. The van der Waals surface area contributed by atoms with E-state index in [9.17, 15) is 4.39 Å². The molecule has 0 aromatic heterocycles. The van der Waals surface area contributed by atoms with Crippen LogP contribution in [0.5, 0.6) is 0 Å². The van der Waals surface area contributed by atoms with Crippen molar-refractivity contribution in [1.82, 2.24) is 0 Å². The van der Waals surface area contributed by atoms with Crippen LogP contribution < -0.4 is 0 Å². The van der Waals surface area contributed by atoms with E-state index in [0.29, 0.717) is 0 Å². The first-order chi connectivity index (χ1) is 2.94. The van der Waals surface area contributed by atoms with E-state index < -0.39 is 6.89 Å². The molecule has 0 unspecified atom stereocenters. The number of halogens is 1. The van der Waals surface area contributed by atoms with Crippen molar-refractivity contribution in [2.24, 2.45) is 0 Å². The van der Waals surface area contributed by atoms with Crippen LogP contribution in [0.15, 0.2) is 0 Å². The van der Waals surface area contributed by atoms with Gasteiger partial charge in [-0.25, -0.2) is 4.39 Å².